The van der Waals surface area contributed by atoms with Crippen molar-refractivity contribution in [2.24, 2.45) is 5.92 Å². The molecule has 0 aromatic heterocycles. The van der Waals surface area contributed by atoms with Gasteiger partial charge >= 0.3 is 0 Å². The average Bonchev–Trinajstić information content (AvgIpc) is 2.72. The number of rotatable bonds is 4. The van der Waals surface area contributed by atoms with Gasteiger partial charge in [-0.3, -0.25) is 9.59 Å². The van der Waals surface area contributed by atoms with Gasteiger partial charge in [-0.25, -0.2) is 0 Å². The third kappa shape index (κ3) is 4.90. The molecule has 0 aliphatic carbocycles. The van der Waals surface area contributed by atoms with E-state index in [1.54, 1.807) is 13.2 Å². The molecule has 0 bridgehead atoms. The van der Waals surface area contributed by atoms with E-state index in [0.29, 0.717) is 19.0 Å². The molecular weight excluding hydrogens is 340 g/mol. The third-order valence-electron chi connectivity index (χ3n) is 5.61. The quantitative estimate of drug-likeness (QED) is 0.765. The predicted octanol–water partition coefficient (Wildman–Crippen LogP) is 3.27. The van der Waals surface area contributed by atoms with Crippen LogP contribution >= 0.6 is 0 Å². The monoisotopic (exact) mass is 370 g/mol. The second-order valence-electron chi connectivity index (χ2n) is 7.56. The van der Waals surface area contributed by atoms with E-state index in [2.05, 4.69) is 0 Å². The van der Waals surface area contributed by atoms with Crippen LogP contribution < -0.4 is 4.74 Å². The number of carbonyl (C=O) groups excluding carboxylic acids is 2. The van der Waals surface area contributed by atoms with Crippen molar-refractivity contribution < 1.29 is 14.3 Å². The number of benzene rings is 1. The van der Waals surface area contributed by atoms with Crippen LogP contribution in [0.5, 0.6) is 5.75 Å². The summed E-state index contributed by atoms with van der Waals surface area (Å²) in [6.07, 6.45) is 8.44. The lowest BCUT2D eigenvalue weighted by Crippen LogP contribution is -2.45. The van der Waals surface area contributed by atoms with Gasteiger partial charge in [-0.2, -0.15) is 0 Å². The minimum absolute atomic E-state index is 0.00225. The molecule has 2 saturated heterocycles. The average molecular weight is 370 g/mol. The number of ether oxygens (including phenoxy) is 1. The van der Waals surface area contributed by atoms with Gasteiger partial charge in [0.15, 0.2) is 0 Å². The summed E-state index contributed by atoms with van der Waals surface area (Å²) in [5.41, 5.74) is 2.03. The van der Waals surface area contributed by atoms with E-state index < -0.39 is 0 Å². The van der Waals surface area contributed by atoms with E-state index in [9.17, 15) is 9.59 Å². The minimum atomic E-state index is 0.00225. The summed E-state index contributed by atoms with van der Waals surface area (Å²) in [7, 11) is 1.63. The first-order valence-corrected chi connectivity index (χ1v) is 9.99. The highest BCUT2D eigenvalue weighted by Gasteiger charge is 2.30. The van der Waals surface area contributed by atoms with Crippen LogP contribution in [0.4, 0.5) is 0 Å². The molecule has 2 aliphatic rings. The first-order valence-electron chi connectivity index (χ1n) is 9.99. The molecule has 0 spiro atoms. The van der Waals surface area contributed by atoms with Crippen molar-refractivity contribution in [2.45, 2.75) is 39.0 Å². The Bertz CT molecular complexity index is 700. The summed E-state index contributed by atoms with van der Waals surface area (Å²) < 4.78 is 5.36. The Kier molecular flexibility index (Phi) is 6.54. The van der Waals surface area contributed by atoms with Gasteiger partial charge in [-0.1, -0.05) is 11.6 Å². The fourth-order valence-electron chi connectivity index (χ4n) is 3.97. The normalized spacial score (nSPS) is 18.7. The lowest BCUT2D eigenvalue weighted by atomic mass is 9.94. The van der Waals surface area contributed by atoms with Crippen molar-refractivity contribution in [3.63, 3.8) is 0 Å². The second kappa shape index (κ2) is 9.07. The number of amides is 2. The van der Waals surface area contributed by atoms with E-state index in [1.165, 1.54) is 6.42 Å². The van der Waals surface area contributed by atoms with Crippen molar-refractivity contribution in [3.8, 4) is 5.75 Å². The fourth-order valence-corrected chi connectivity index (χ4v) is 3.97. The Hall–Kier alpha value is -2.30. The third-order valence-corrected chi connectivity index (χ3v) is 5.61. The molecule has 27 heavy (non-hydrogen) atoms. The van der Waals surface area contributed by atoms with Gasteiger partial charge in [-0.15, -0.1) is 0 Å². The van der Waals surface area contributed by atoms with Crippen molar-refractivity contribution in [2.75, 3.05) is 33.3 Å². The molecule has 2 heterocycles. The van der Waals surface area contributed by atoms with Gasteiger partial charge in [0.2, 0.25) is 11.8 Å². The largest absolute Gasteiger partial charge is 0.496 e. The standard InChI is InChI=1S/C22H30N2O3/c1-17-6-8-20(27-2)19(16-17)7-9-21(25)23-14-10-18(11-15-23)22(26)24-12-4-3-5-13-24/h6-9,16,18H,3-5,10-15H2,1-2H3/b9-7+. The maximum absolute atomic E-state index is 12.6. The van der Waals surface area contributed by atoms with Crippen LogP contribution in [-0.4, -0.2) is 54.9 Å². The van der Waals surface area contributed by atoms with Crippen molar-refractivity contribution in [1.29, 1.82) is 0 Å². The number of aryl methyl sites for hydroxylation is 1. The van der Waals surface area contributed by atoms with Crippen LogP contribution in [0.3, 0.4) is 0 Å². The maximum atomic E-state index is 12.6. The van der Waals surface area contributed by atoms with Crippen molar-refractivity contribution >= 4 is 17.9 Å². The molecule has 5 heteroatoms. The summed E-state index contributed by atoms with van der Waals surface area (Å²) in [5, 5.41) is 0. The van der Waals surface area contributed by atoms with E-state index in [0.717, 1.165) is 55.6 Å². The highest BCUT2D eigenvalue weighted by Crippen LogP contribution is 2.23. The summed E-state index contributed by atoms with van der Waals surface area (Å²) in [4.78, 5) is 29.0. The molecule has 0 N–H and O–H groups in total. The van der Waals surface area contributed by atoms with E-state index in [-0.39, 0.29) is 11.8 Å². The van der Waals surface area contributed by atoms with Crippen LogP contribution in [-0.2, 0) is 9.59 Å². The molecular formula is C22H30N2O3. The molecule has 0 saturated carbocycles. The summed E-state index contributed by atoms with van der Waals surface area (Å²) in [5.74, 6) is 1.13. The highest BCUT2D eigenvalue weighted by atomic mass is 16.5. The van der Waals surface area contributed by atoms with E-state index in [4.69, 9.17) is 4.74 Å². The first-order chi connectivity index (χ1) is 13.1. The first kappa shape index (κ1) is 19.5. The van der Waals surface area contributed by atoms with Crippen LogP contribution in [0.1, 0.15) is 43.2 Å². The summed E-state index contributed by atoms with van der Waals surface area (Å²) in [6.45, 7) is 5.12. The van der Waals surface area contributed by atoms with Crippen LogP contribution in [0, 0.1) is 12.8 Å². The Morgan fingerprint density at radius 1 is 1.04 bits per heavy atom. The van der Waals surface area contributed by atoms with E-state index >= 15 is 0 Å². The van der Waals surface area contributed by atoms with Gasteiger partial charge < -0.3 is 14.5 Å². The molecule has 2 fully saturated rings. The molecule has 0 unspecified atom stereocenters. The molecule has 0 radical (unpaired) electrons. The number of carbonyl (C=O) groups is 2. The summed E-state index contributed by atoms with van der Waals surface area (Å²) in [6, 6.07) is 5.91. The van der Waals surface area contributed by atoms with Gasteiger partial charge in [0.1, 0.15) is 5.75 Å². The second-order valence-corrected chi connectivity index (χ2v) is 7.56. The zero-order valence-electron chi connectivity index (χ0n) is 16.4. The molecule has 1 aromatic rings. The SMILES string of the molecule is COc1ccc(C)cc1/C=C/C(=O)N1CCC(C(=O)N2CCCCC2)CC1. The van der Waals surface area contributed by atoms with Gasteiger partial charge in [0.25, 0.3) is 0 Å². The van der Waals surface area contributed by atoms with Crippen molar-refractivity contribution in [3.05, 3.63) is 35.4 Å². The molecule has 146 valence electrons. The number of hydrogen-bond donors (Lipinski definition) is 0. The Labute approximate surface area is 162 Å². The highest BCUT2D eigenvalue weighted by molar-refractivity contribution is 5.92. The topological polar surface area (TPSA) is 49.9 Å². The Balaban J connectivity index is 1.54. The van der Waals surface area contributed by atoms with Crippen molar-refractivity contribution in [1.82, 2.24) is 9.80 Å². The number of hydrogen-bond acceptors (Lipinski definition) is 3. The van der Waals surface area contributed by atoms with Gasteiger partial charge in [0.05, 0.1) is 7.11 Å². The number of likely N-dealkylation sites (tertiary alicyclic amines) is 2. The number of nitrogens with zero attached hydrogens (tertiary/aromatic N) is 2. The van der Waals surface area contributed by atoms with Gasteiger partial charge in [-0.05, 0) is 57.2 Å². The Morgan fingerprint density at radius 2 is 1.74 bits per heavy atom. The van der Waals surface area contributed by atoms with Gasteiger partial charge in [0, 0.05) is 43.7 Å². The van der Waals surface area contributed by atoms with Crippen LogP contribution in [0.15, 0.2) is 24.3 Å². The van der Waals surface area contributed by atoms with Crippen LogP contribution in [0.2, 0.25) is 0 Å². The number of piperidine rings is 2. The zero-order valence-corrected chi connectivity index (χ0v) is 16.4. The molecule has 2 aliphatic heterocycles. The fraction of sp³-hybridized carbons (Fsp3) is 0.545. The van der Waals surface area contributed by atoms with E-state index in [1.807, 2.05) is 41.0 Å². The van der Waals surface area contributed by atoms with Crippen LogP contribution in [0.25, 0.3) is 6.08 Å². The predicted molar refractivity (Wildman–Crippen MR) is 107 cm³/mol. The smallest absolute Gasteiger partial charge is 0.246 e. The maximum Gasteiger partial charge on any atom is 0.246 e. The summed E-state index contributed by atoms with van der Waals surface area (Å²) >= 11 is 0. The molecule has 5 nitrogen and oxygen atoms in total. The number of methoxy groups -OCH3 is 1. The lowest BCUT2D eigenvalue weighted by molar-refractivity contribution is -0.140. The molecule has 3 rings (SSSR count). The minimum Gasteiger partial charge on any atom is -0.496 e. The molecule has 2 amide bonds. The Morgan fingerprint density at radius 3 is 2.41 bits per heavy atom. The lowest BCUT2D eigenvalue weighted by Gasteiger charge is -2.35. The molecule has 0 atom stereocenters. The zero-order chi connectivity index (χ0) is 19.2. The molecule has 1 aromatic carbocycles.